The van der Waals surface area contributed by atoms with E-state index in [0.29, 0.717) is 26.3 Å². The van der Waals surface area contributed by atoms with Crippen LogP contribution in [-0.4, -0.2) is 84.8 Å². The fraction of sp³-hybridized carbons (Fsp3) is 0.360. The van der Waals surface area contributed by atoms with Gasteiger partial charge in [-0.1, -0.05) is 18.2 Å². The van der Waals surface area contributed by atoms with E-state index in [-0.39, 0.29) is 12.5 Å². The van der Waals surface area contributed by atoms with Gasteiger partial charge < -0.3 is 24.8 Å². The van der Waals surface area contributed by atoms with Crippen LogP contribution in [0.3, 0.4) is 0 Å². The summed E-state index contributed by atoms with van der Waals surface area (Å²) in [6.45, 7) is 6.26. The Bertz CT molecular complexity index is 1080. The number of hydrogen-bond donors (Lipinski definition) is 1. The third-order valence-corrected chi connectivity index (χ3v) is 6.23. The minimum atomic E-state index is 0.101. The number of rotatable bonds is 6. The largest absolute Gasteiger partial charge is 0.378 e. The molecule has 1 N–H and O–H groups in total. The van der Waals surface area contributed by atoms with Crippen molar-refractivity contribution >= 4 is 23.2 Å². The van der Waals surface area contributed by atoms with Gasteiger partial charge in [0.25, 0.3) is 0 Å². The number of carbonyl (C=O) groups excluding carboxylic acids is 1. The highest BCUT2D eigenvalue weighted by Crippen LogP contribution is 2.31. The Morgan fingerprint density at radius 2 is 1.65 bits per heavy atom. The van der Waals surface area contributed by atoms with Gasteiger partial charge in [-0.05, 0) is 18.2 Å². The predicted octanol–water partition coefficient (Wildman–Crippen LogP) is 2.14. The van der Waals surface area contributed by atoms with Gasteiger partial charge in [0.1, 0.15) is 0 Å². The minimum absolute atomic E-state index is 0.101. The molecule has 34 heavy (non-hydrogen) atoms. The zero-order valence-electron chi connectivity index (χ0n) is 19.1. The monoisotopic (exact) mass is 459 g/mol. The van der Waals surface area contributed by atoms with Crippen LogP contribution in [0.25, 0.3) is 11.1 Å². The summed E-state index contributed by atoms with van der Waals surface area (Å²) in [6, 6.07) is 12.1. The summed E-state index contributed by atoms with van der Waals surface area (Å²) >= 11 is 0. The van der Waals surface area contributed by atoms with Crippen LogP contribution in [0.15, 0.2) is 61.2 Å². The summed E-state index contributed by atoms with van der Waals surface area (Å²) < 4.78 is 5.42. The normalized spacial score (nSPS) is 16.4. The van der Waals surface area contributed by atoms with Gasteiger partial charge in [-0.2, -0.15) is 0 Å². The van der Waals surface area contributed by atoms with E-state index in [1.54, 1.807) is 12.4 Å². The highest BCUT2D eigenvalue weighted by atomic mass is 16.5. The lowest BCUT2D eigenvalue weighted by Gasteiger charge is -2.37. The van der Waals surface area contributed by atoms with Crippen LogP contribution in [0, 0.1) is 0 Å². The number of benzene rings is 1. The molecule has 0 spiro atoms. The molecule has 2 aliphatic heterocycles. The van der Waals surface area contributed by atoms with Gasteiger partial charge >= 0.3 is 0 Å². The van der Waals surface area contributed by atoms with E-state index in [0.717, 1.165) is 54.6 Å². The molecule has 0 saturated carbocycles. The molecule has 2 aromatic heterocycles. The Labute approximate surface area is 199 Å². The number of nitrogens with zero attached hydrogens (tertiary/aromatic N) is 6. The average Bonchev–Trinajstić information content (AvgIpc) is 2.93. The van der Waals surface area contributed by atoms with Crippen LogP contribution in [0.5, 0.6) is 0 Å². The summed E-state index contributed by atoms with van der Waals surface area (Å²) in [5, 5.41) is 3.15. The molecule has 3 aromatic rings. The molecule has 0 unspecified atom stereocenters. The Hall–Kier alpha value is -3.72. The Balaban J connectivity index is 1.21. The van der Waals surface area contributed by atoms with E-state index < -0.39 is 0 Å². The third-order valence-electron chi connectivity index (χ3n) is 6.23. The van der Waals surface area contributed by atoms with E-state index in [2.05, 4.69) is 48.3 Å². The van der Waals surface area contributed by atoms with Crippen LogP contribution in [0.1, 0.15) is 0 Å². The number of para-hydroxylation sites is 1. The molecule has 2 saturated heterocycles. The van der Waals surface area contributed by atoms with Crippen molar-refractivity contribution in [1.29, 1.82) is 0 Å². The maximum absolute atomic E-state index is 12.7. The van der Waals surface area contributed by atoms with E-state index in [1.165, 1.54) is 0 Å². The maximum atomic E-state index is 12.7. The van der Waals surface area contributed by atoms with Gasteiger partial charge in [-0.15, -0.1) is 0 Å². The zero-order valence-corrected chi connectivity index (χ0v) is 19.1. The van der Waals surface area contributed by atoms with Crippen molar-refractivity contribution in [3.8, 4) is 11.1 Å². The molecule has 0 aliphatic carbocycles. The van der Waals surface area contributed by atoms with Crippen LogP contribution < -0.4 is 15.1 Å². The first-order chi connectivity index (χ1) is 16.8. The Morgan fingerprint density at radius 1 is 0.882 bits per heavy atom. The lowest BCUT2D eigenvalue weighted by Crippen LogP contribution is -2.50. The molecule has 0 bridgehead atoms. The van der Waals surface area contributed by atoms with E-state index in [1.807, 2.05) is 35.5 Å². The Kier molecular flexibility index (Phi) is 6.81. The first-order valence-electron chi connectivity index (χ1n) is 11.7. The zero-order chi connectivity index (χ0) is 23.2. The number of aromatic nitrogens is 3. The van der Waals surface area contributed by atoms with E-state index >= 15 is 0 Å². The molecule has 2 aliphatic rings. The molecule has 4 heterocycles. The van der Waals surface area contributed by atoms with Crippen molar-refractivity contribution < 1.29 is 9.53 Å². The molecule has 9 heteroatoms. The SMILES string of the molecule is O=C(CNc1cccnc1)N1CCN(c2ccccc2-c2cnc(N3CCOCC3)nc2)CC1. The second-order valence-corrected chi connectivity index (χ2v) is 8.35. The summed E-state index contributed by atoms with van der Waals surface area (Å²) in [5.74, 6) is 0.848. The van der Waals surface area contributed by atoms with Crippen molar-refractivity contribution in [3.05, 3.63) is 61.2 Å². The number of piperazine rings is 1. The predicted molar refractivity (Wildman–Crippen MR) is 132 cm³/mol. The van der Waals surface area contributed by atoms with Crippen molar-refractivity contribution in [2.45, 2.75) is 0 Å². The Morgan fingerprint density at radius 3 is 2.38 bits per heavy atom. The van der Waals surface area contributed by atoms with Gasteiger partial charge in [-0.25, -0.2) is 9.97 Å². The van der Waals surface area contributed by atoms with Crippen LogP contribution in [0.2, 0.25) is 0 Å². The smallest absolute Gasteiger partial charge is 0.241 e. The van der Waals surface area contributed by atoms with Gasteiger partial charge in [0, 0.05) is 80.9 Å². The van der Waals surface area contributed by atoms with Crippen molar-refractivity contribution in [1.82, 2.24) is 19.9 Å². The highest BCUT2D eigenvalue weighted by molar-refractivity contribution is 5.82. The number of ether oxygens (including phenoxy) is 1. The molecular weight excluding hydrogens is 430 g/mol. The summed E-state index contributed by atoms with van der Waals surface area (Å²) in [7, 11) is 0. The fourth-order valence-electron chi connectivity index (χ4n) is 4.33. The van der Waals surface area contributed by atoms with Gasteiger partial charge in [0.15, 0.2) is 0 Å². The van der Waals surface area contributed by atoms with Crippen LogP contribution >= 0.6 is 0 Å². The number of morpholine rings is 1. The average molecular weight is 460 g/mol. The van der Waals surface area contributed by atoms with Gasteiger partial charge in [0.2, 0.25) is 11.9 Å². The lowest BCUT2D eigenvalue weighted by molar-refractivity contribution is -0.129. The number of anilines is 3. The van der Waals surface area contributed by atoms with E-state index in [9.17, 15) is 4.79 Å². The quantitative estimate of drug-likeness (QED) is 0.600. The molecule has 0 atom stereocenters. The molecule has 5 rings (SSSR count). The molecule has 0 radical (unpaired) electrons. The highest BCUT2D eigenvalue weighted by Gasteiger charge is 2.23. The molecule has 176 valence electrons. The van der Waals surface area contributed by atoms with Gasteiger partial charge in [-0.3, -0.25) is 9.78 Å². The second-order valence-electron chi connectivity index (χ2n) is 8.35. The summed E-state index contributed by atoms with van der Waals surface area (Å²) in [5.41, 5.74) is 4.09. The number of nitrogens with one attached hydrogen (secondary N) is 1. The number of hydrogen-bond acceptors (Lipinski definition) is 8. The van der Waals surface area contributed by atoms with E-state index in [4.69, 9.17) is 4.74 Å². The number of carbonyl (C=O) groups is 1. The first kappa shape index (κ1) is 22.1. The second kappa shape index (κ2) is 10.5. The van der Waals surface area contributed by atoms with Crippen LogP contribution in [0.4, 0.5) is 17.3 Å². The maximum Gasteiger partial charge on any atom is 0.241 e. The molecule has 9 nitrogen and oxygen atoms in total. The summed E-state index contributed by atoms with van der Waals surface area (Å²) in [6.07, 6.45) is 7.25. The molecule has 2 fully saturated rings. The minimum Gasteiger partial charge on any atom is -0.378 e. The topological polar surface area (TPSA) is 86.7 Å². The molecular formula is C25H29N7O2. The number of amides is 1. The molecule has 1 amide bonds. The first-order valence-corrected chi connectivity index (χ1v) is 11.7. The third kappa shape index (κ3) is 5.09. The fourth-order valence-corrected chi connectivity index (χ4v) is 4.33. The standard InChI is InChI=1S/C25H29N7O2/c33-24(19-27-21-4-3-7-26-18-21)31-10-8-30(9-11-31)23-6-2-1-5-22(23)20-16-28-25(29-17-20)32-12-14-34-15-13-32/h1-7,16-18,27H,8-15,19H2. The lowest BCUT2D eigenvalue weighted by atomic mass is 10.1. The summed E-state index contributed by atoms with van der Waals surface area (Å²) in [4.78, 5) is 32.4. The van der Waals surface area contributed by atoms with Crippen molar-refractivity contribution in [2.75, 3.05) is 74.1 Å². The molecule has 1 aromatic carbocycles. The van der Waals surface area contributed by atoms with Gasteiger partial charge in [0.05, 0.1) is 25.4 Å². The van der Waals surface area contributed by atoms with Crippen molar-refractivity contribution in [3.63, 3.8) is 0 Å². The number of pyridine rings is 1. The van der Waals surface area contributed by atoms with Crippen LogP contribution in [-0.2, 0) is 9.53 Å². The van der Waals surface area contributed by atoms with Crippen molar-refractivity contribution in [2.24, 2.45) is 0 Å².